The van der Waals surface area contributed by atoms with E-state index in [-0.39, 0.29) is 5.91 Å². The quantitative estimate of drug-likeness (QED) is 0.751. The van der Waals surface area contributed by atoms with Gasteiger partial charge in [-0.05, 0) is 68.7 Å². The van der Waals surface area contributed by atoms with Gasteiger partial charge in [0.25, 0.3) is 5.91 Å². The van der Waals surface area contributed by atoms with Crippen molar-refractivity contribution < 1.29 is 14.3 Å². The van der Waals surface area contributed by atoms with Crippen LogP contribution in [0, 0.1) is 20.8 Å². The van der Waals surface area contributed by atoms with Crippen LogP contribution in [0.15, 0.2) is 36.4 Å². The zero-order chi connectivity index (χ0) is 18.4. The Balaban J connectivity index is 1.77. The topological polar surface area (TPSA) is 47.6 Å². The molecule has 0 spiro atoms. The first kappa shape index (κ1) is 19.1. The van der Waals surface area contributed by atoms with E-state index in [4.69, 9.17) is 21.1 Å². The van der Waals surface area contributed by atoms with Gasteiger partial charge in [-0.3, -0.25) is 4.79 Å². The number of carbonyl (C=O) groups is 1. The third-order valence-electron chi connectivity index (χ3n) is 4.03. The molecule has 5 heteroatoms. The molecule has 2 aromatic rings. The van der Waals surface area contributed by atoms with Gasteiger partial charge in [-0.1, -0.05) is 23.7 Å². The van der Waals surface area contributed by atoms with E-state index in [1.165, 1.54) is 5.56 Å². The van der Waals surface area contributed by atoms with Gasteiger partial charge in [-0.2, -0.15) is 0 Å². The van der Waals surface area contributed by atoms with Crippen molar-refractivity contribution >= 4 is 17.5 Å². The summed E-state index contributed by atoms with van der Waals surface area (Å²) in [6, 6.07) is 11.3. The minimum Gasteiger partial charge on any atom is -0.491 e. The fourth-order valence-electron chi connectivity index (χ4n) is 2.31. The second-order valence-corrected chi connectivity index (χ2v) is 6.42. The fourth-order valence-corrected chi connectivity index (χ4v) is 2.43. The third kappa shape index (κ3) is 5.40. The maximum absolute atomic E-state index is 12.1. The Kier molecular flexibility index (Phi) is 6.71. The normalized spacial score (nSPS) is 11.7. The van der Waals surface area contributed by atoms with Crippen LogP contribution >= 0.6 is 11.6 Å². The molecule has 1 N–H and O–H groups in total. The van der Waals surface area contributed by atoms with Crippen LogP contribution in [0.3, 0.4) is 0 Å². The van der Waals surface area contributed by atoms with Crippen LogP contribution in [0.5, 0.6) is 11.5 Å². The van der Waals surface area contributed by atoms with Crippen LogP contribution in [0.4, 0.5) is 0 Å². The summed E-state index contributed by atoms with van der Waals surface area (Å²) in [7, 11) is 0. The Labute approximate surface area is 154 Å². The summed E-state index contributed by atoms with van der Waals surface area (Å²) in [5.41, 5.74) is 3.21. The number of carbonyl (C=O) groups excluding carboxylic acids is 1. The van der Waals surface area contributed by atoms with E-state index in [2.05, 4.69) is 5.32 Å². The van der Waals surface area contributed by atoms with E-state index in [1.54, 1.807) is 19.1 Å². The average Bonchev–Trinajstić information content (AvgIpc) is 2.58. The first-order chi connectivity index (χ1) is 11.9. The second-order valence-electron chi connectivity index (χ2n) is 6.01. The van der Waals surface area contributed by atoms with E-state index < -0.39 is 6.10 Å². The molecule has 25 heavy (non-hydrogen) atoms. The third-order valence-corrected chi connectivity index (χ3v) is 4.45. The lowest BCUT2D eigenvalue weighted by Crippen LogP contribution is -2.38. The molecule has 1 amide bonds. The molecule has 0 aromatic heterocycles. The van der Waals surface area contributed by atoms with Gasteiger partial charge >= 0.3 is 0 Å². The van der Waals surface area contributed by atoms with Gasteiger partial charge in [-0.25, -0.2) is 0 Å². The predicted molar refractivity (Wildman–Crippen MR) is 101 cm³/mol. The molecule has 2 aromatic carbocycles. The predicted octanol–water partition coefficient (Wildman–Crippen LogP) is 4.23. The van der Waals surface area contributed by atoms with Crippen LogP contribution < -0.4 is 14.8 Å². The zero-order valence-corrected chi connectivity index (χ0v) is 15.8. The molecule has 0 radical (unpaired) electrons. The lowest BCUT2D eigenvalue weighted by atomic mass is 10.1. The highest BCUT2D eigenvalue weighted by Crippen LogP contribution is 2.22. The number of aryl methyl sites for hydroxylation is 2. The fraction of sp³-hybridized carbons (Fsp3) is 0.350. The summed E-state index contributed by atoms with van der Waals surface area (Å²) >= 11 is 5.99. The molecular formula is C20H24ClNO3. The number of hydrogen-bond donors (Lipinski definition) is 1. The summed E-state index contributed by atoms with van der Waals surface area (Å²) in [5, 5.41) is 3.49. The molecule has 0 unspecified atom stereocenters. The van der Waals surface area contributed by atoms with Gasteiger partial charge in [0.15, 0.2) is 6.10 Å². The van der Waals surface area contributed by atoms with Crippen LogP contribution in [-0.4, -0.2) is 25.2 Å². The minimum absolute atomic E-state index is 0.183. The Morgan fingerprint density at radius 2 is 1.92 bits per heavy atom. The molecular weight excluding hydrogens is 338 g/mol. The highest BCUT2D eigenvalue weighted by atomic mass is 35.5. The van der Waals surface area contributed by atoms with Crippen molar-refractivity contribution in [3.05, 3.63) is 58.1 Å². The van der Waals surface area contributed by atoms with Crippen LogP contribution in [0.25, 0.3) is 0 Å². The van der Waals surface area contributed by atoms with Gasteiger partial charge in [0.2, 0.25) is 0 Å². The highest BCUT2D eigenvalue weighted by Gasteiger charge is 2.14. The van der Waals surface area contributed by atoms with Crippen LogP contribution in [-0.2, 0) is 4.79 Å². The molecule has 0 aliphatic heterocycles. The maximum Gasteiger partial charge on any atom is 0.260 e. The lowest BCUT2D eigenvalue weighted by Gasteiger charge is -2.16. The van der Waals surface area contributed by atoms with E-state index >= 15 is 0 Å². The summed E-state index contributed by atoms with van der Waals surface area (Å²) in [5.74, 6) is 1.28. The summed E-state index contributed by atoms with van der Waals surface area (Å²) in [6.07, 6.45) is -0.596. The molecule has 1 atom stereocenters. The summed E-state index contributed by atoms with van der Waals surface area (Å²) < 4.78 is 11.4. The van der Waals surface area contributed by atoms with E-state index in [1.807, 2.05) is 45.0 Å². The first-order valence-corrected chi connectivity index (χ1v) is 8.66. The molecule has 4 nitrogen and oxygen atoms in total. The number of nitrogens with one attached hydrogen (secondary N) is 1. The molecule has 0 bridgehead atoms. The monoisotopic (exact) mass is 361 g/mol. The van der Waals surface area contributed by atoms with Gasteiger partial charge in [0.05, 0.1) is 6.54 Å². The Morgan fingerprint density at radius 3 is 2.64 bits per heavy atom. The Morgan fingerprint density at radius 1 is 1.16 bits per heavy atom. The number of ether oxygens (including phenoxy) is 2. The van der Waals surface area contributed by atoms with Crippen LogP contribution in [0.1, 0.15) is 23.6 Å². The zero-order valence-electron chi connectivity index (χ0n) is 15.1. The molecule has 134 valence electrons. The number of benzene rings is 2. The molecule has 2 rings (SSSR count). The Bertz CT molecular complexity index is 746. The largest absolute Gasteiger partial charge is 0.491 e. The van der Waals surface area contributed by atoms with Gasteiger partial charge in [0, 0.05) is 5.02 Å². The summed E-state index contributed by atoms with van der Waals surface area (Å²) in [4.78, 5) is 12.1. The second kappa shape index (κ2) is 8.77. The van der Waals surface area contributed by atoms with E-state index in [9.17, 15) is 4.79 Å². The summed E-state index contributed by atoms with van der Waals surface area (Å²) in [6.45, 7) is 8.49. The maximum atomic E-state index is 12.1. The molecule has 0 fully saturated rings. The van der Waals surface area contributed by atoms with Crippen molar-refractivity contribution in [1.82, 2.24) is 5.32 Å². The minimum atomic E-state index is -0.596. The smallest absolute Gasteiger partial charge is 0.260 e. The molecule has 0 aliphatic carbocycles. The molecule has 0 aliphatic rings. The van der Waals surface area contributed by atoms with Crippen molar-refractivity contribution in [1.29, 1.82) is 0 Å². The SMILES string of the molecule is Cc1cc(O[C@@H](C)C(=O)NCCOc2cccc(C)c2C)ccc1Cl. The molecule has 0 heterocycles. The van der Waals surface area contributed by atoms with E-state index in [0.717, 1.165) is 16.9 Å². The molecule has 0 saturated carbocycles. The van der Waals surface area contributed by atoms with Gasteiger partial charge < -0.3 is 14.8 Å². The van der Waals surface area contributed by atoms with Crippen molar-refractivity contribution in [2.75, 3.05) is 13.2 Å². The average molecular weight is 362 g/mol. The van der Waals surface area contributed by atoms with Gasteiger partial charge in [0.1, 0.15) is 18.1 Å². The van der Waals surface area contributed by atoms with Crippen molar-refractivity contribution in [2.24, 2.45) is 0 Å². The lowest BCUT2D eigenvalue weighted by molar-refractivity contribution is -0.127. The highest BCUT2D eigenvalue weighted by molar-refractivity contribution is 6.31. The van der Waals surface area contributed by atoms with Crippen molar-refractivity contribution in [3.8, 4) is 11.5 Å². The number of halogens is 1. The Hall–Kier alpha value is -2.20. The number of amides is 1. The van der Waals surface area contributed by atoms with Crippen molar-refractivity contribution in [3.63, 3.8) is 0 Å². The van der Waals surface area contributed by atoms with Gasteiger partial charge in [-0.15, -0.1) is 0 Å². The van der Waals surface area contributed by atoms with E-state index in [0.29, 0.717) is 23.9 Å². The standard InChI is InChI=1S/C20H24ClNO3/c1-13-6-5-7-19(15(13)3)24-11-10-22-20(23)16(4)25-17-8-9-18(21)14(2)12-17/h5-9,12,16H,10-11H2,1-4H3,(H,22,23)/t16-/m0/s1. The molecule has 0 saturated heterocycles. The first-order valence-electron chi connectivity index (χ1n) is 8.28. The van der Waals surface area contributed by atoms with Crippen molar-refractivity contribution in [2.45, 2.75) is 33.8 Å². The number of hydrogen-bond acceptors (Lipinski definition) is 3. The number of rotatable bonds is 7. The van der Waals surface area contributed by atoms with Crippen LogP contribution in [0.2, 0.25) is 5.02 Å².